The van der Waals surface area contributed by atoms with Crippen molar-refractivity contribution in [3.63, 3.8) is 0 Å². The van der Waals surface area contributed by atoms with Crippen LogP contribution in [0.15, 0.2) is 16.7 Å². The summed E-state index contributed by atoms with van der Waals surface area (Å²) >= 11 is 0. The quantitative estimate of drug-likeness (QED) is 0.789. The van der Waals surface area contributed by atoms with Crippen molar-refractivity contribution in [2.24, 2.45) is 11.7 Å². The molecule has 2 rings (SSSR count). The summed E-state index contributed by atoms with van der Waals surface area (Å²) in [6, 6.07) is 1.58. The van der Waals surface area contributed by atoms with Crippen molar-refractivity contribution in [3.8, 4) is 0 Å². The minimum atomic E-state index is -0.948. The maximum Gasteiger partial charge on any atom is 0.338 e. The lowest BCUT2D eigenvalue weighted by Crippen LogP contribution is -2.22. The average molecular weight is 224 g/mol. The fourth-order valence-electron chi connectivity index (χ4n) is 2.04. The van der Waals surface area contributed by atoms with Gasteiger partial charge in [-0.1, -0.05) is 0 Å². The predicted molar refractivity (Wildman–Crippen MR) is 58.1 cm³/mol. The van der Waals surface area contributed by atoms with Gasteiger partial charge in [-0.25, -0.2) is 4.79 Å². The highest BCUT2D eigenvalue weighted by atomic mass is 16.4. The van der Waals surface area contributed by atoms with Crippen LogP contribution in [0.2, 0.25) is 0 Å². The van der Waals surface area contributed by atoms with Crippen molar-refractivity contribution < 1.29 is 14.3 Å². The highest BCUT2D eigenvalue weighted by Gasteiger charge is 2.22. The minimum absolute atomic E-state index is 0.213. The molecule has 1 fully saturated rings. The Bertz CT molecular complexity index is 375. The summed E-state index contributed by atoms with van der Waals surface area (Å²) in [5, 5.41) is 8.75. The molecule has 0 amide bonds. The van der Waals surface area contributed by atoms with Crippen LogP contribution in [0.5, 0.6) is 0 Å². The second-order valence-electron chi connectivity index (χ2n) is 4.23. The molecule has 0 aromatic carbocycles. The first kappa shape index (κ1) is 11.2. The van der Waals surface area contributed by atoms with E-state index in [1.165, 1.54) is 6.26 Å². The Morgan fingerprint density at radius 2 is 2.50 bits per heavy atom. The Hall–Kier alpha value is -1.33. The smallest absolute Gasteiger partial charge is 0.338 e. The molecule has 2 heterocycles. The number of carboxylic acids is 1. The summed E-state index contributed by atoms with van der Waals surface area (Å²) in [4.78, 5) is 12.9. The molecule has 1 aliphatic heterocycles. The molecule has 1 aliphatic rings. The number of rotatable bonds is 4. The van der Waals surface area contributed by atoms with Crippen LogP contribution in [0.1, 0.15) is 22.5 Å². The van der Waals surface area contributed by atoms with E-state index in [1.807, 2.05) is 0 Å². The first-order chi connectivity index (χ1) is 7.69. The molecule has 0 bridgehead atoms. The van der Waals surface area contributed by atoms with E-state index in [2.05, 4.69) is 4.90 Å². The van der Waals surface area contributed by atoms with E-state index in [0.29, 0.717) is 18.2 Å². The predicted octanol–water partition coefficient (Wildman–Crippen LogP) is 0.758. The standard InChI is InChI=1S/C11H16N2O3/c12-4-8-1-2-13(5-8)6-10-3-9(7-16-10)11(14)15/h3,7-8H,1-2,4-6,12H2,(H,14,15). The molecule has 1 unspecified atom stereocenters. The largest absolute Gasteiger partial charge is 0.478 e. The third-order valence-electron chi connectivity index (χ3n) is 2.98. The van der Waals surface area contributed by atoms with Gasteiger partial charge >= 0.3 is 5.97 Å². The molecule has 0 aliphatic carbocycles. The van der Waals surface area contributed by atoms with Gasteiger partial charge in [-0.15, -0.1) is 0 Å². The number of furan rings is 1. The van der Waals surface area contributed by atoms with Gasteiger partial charge in [0.05, 0.1) is 12.1 Å². The van der Waals surface area contributed by atoms with Crippen LogP contribution in [0.25, 0.3) is 0 Å². The van der Waals surface area contributed by atoms with Crippen LogP contribution >= 0.6 is 0 Å². The molecule has 1 saturated heterocycles. The van der Waals surface area contributed by atoms with Gasteiger partial charge in [0.2, 0.25) is 0 Å². The van der Waals surface area contributed by atoms with Gasteiger partial charge < -0.3 is 15.3 Å². The summed E-state index contributed by atoms with van der Waals surface area (Å²) < 4.78 is 5.20. The van der Waals surface area contributed by atoms with Gasteiger partial charge in [0, 0.05) is 6.54 Å². The Morgan fingerprint density at radius 1 is 1.69 bits per heavy atom. The Morgan fingerprint density at radius 3 is 3.06 bits per heavy atom. The Balaban J connectivity index is 1.92. The minimum Gasteiger partial charge on any atom is -0.478 e. The molecule has 1 atom stereocenters. The molecule has 0 saturated carbocycles. The van der Waals surface area contributed by atoms with Crippen molar-refractivity contribution >= 4 is 5.97 Å². The molecule has 88 valence electrons. The molecule has 0 radical (unpaired) electrons. The van der Waals surface area contributed by atoms with E-state index < -0.39 is 5.97 Å². The zero-order valence-electron chi connectivity index (χ0n) is 9.06. The fraction of sp³-hybridized carbons (Fsp3) is 0.545. The van der Waals surface area contributed by atoms with Crippen molar-refractivity contribution in [2.45, 2.75) is 13.0 Å². The molecule has 0 spiro atoms. The molecule has 1 aromatic heterocycles. The maximum atomic E-state index is 10.7. The topological polar surface area (TPSA) is 79.7 Å². The molecule has 3 N–H and O–H groups in total. The van der Waals surface area contributed by atoms with Gasteiger partial charge in [-0.3, -0.25) is 4.90 Å². The second kappa shape index (κ2) is 4.67. The van der Waals surface area contributed by atoms with Crippen molar-refractivity contribution in [1.82, 2.24) is 4.90 Å². The van der Waals surface area contributed by atoms with E-state index in [0.717, 1.165) is 26.1 Å². The second-order valence-corrected chi connectivity index (χ2v) is 4.23. The molecule has 5 heteroatoms. The number of hydrogen-bond donors (Lipinski definition) is 2. The van der Waals surface area contributed by atoms with Crippen LogP contribution in [0.4, 0.5) is 0 Å². The Kier molecular flexibility index (Phi) is 3.26. The molecule has 5 nitrogen and oxygen atoms in total. The average Bonchev–Trinajstić information content (AvgIpc) is 2.87. The normalized spacial score (nSPS) is 21.4. The Labute approximate surface area is 93.8 Å². The summed E-state index contributed by atoms with van der Waals surface area (Å²) in [6.07, 6.45) is 2.40. The highest BCUT2D eigenvalue weighted by molar-refractivity contribution is 5.87. The van der Waals surface area contributed by atoms with Crippen LogP contribution < -0.4 is 5.73 Å². The van der Waals surface area contributed by atoms with E-state index in [-0.39, 0.29) is 5.56 Å². The zero-order valence-corrected chi connectivity index (χ0v) is 9.06. The van der Waals surface area contributed by atoms with Crippen molar-refractivity contribution in [1.29, 1.82) is 0 Å². The molecular formula is C11H16N2O3. The van der Waals surface area contributed by atoms with Crippen LogP contribution in [-0.2, 0) is 6.54 Å². The lowest BCUT2D eigenvalue weighted by molar-refractivity contribution is 0.0696. The first-order valence-corrected chi connectivity index (χ1v) is 5.42. The maximum absolute atomic E-state index is 10.7. The number of likely N-dealkylation sites (tertiary alicyclic amines) is 1. The zero-order chi connectivity index (χ0) is 11.5. The SMILES string of the molecule is NCC1CCN(Cc2cc(C(=O)O)co2)C1. The van der Waals surface area contributed by atoms with E-state index in [4.69, 9.17) is 15.3 Å². The van der Waals surface area contributed by atoms with Crippen LogP contribution in [-0.4, -0.2) is 35.6 Å². The van der Waals surface area contributed by atoms with E-state index >= 15 is 0 Å². The number of carbonyl (C=O) groups is 1. The first-order valence-electron chi connectivity index (χ1n) is 5.42. The van der Waals surface area contributed by atoms with E-state index in [9.17, 15) is 4.79 Å². The monoisotopic (exact) mass is 224 g/mol. The fourth-order valence-corrected chi connectivity index (χ4v) is 2.04. The number of aromatic carboxylic acids is 1. The molecule has 16 heavy (non-hydrogen) atoms. The summed E-state index contributed by atoms with van der Waals surface area (Å²) in [5.41, 5.74) is 5.82. The number of carboxylic acid groups (broad SMARTS) is 1. The van der Waals surface area contributed by atoms with Gasteiger partial charge in [-0.2, -0.15) is 0 Å². The van der Waals surface area contributed by atoms with Crippen LogP contribution in [0, 0.1) is 5.92 Å². The summed E-state index contributed by atoms with van der Waals surface area (Å²) in [5.74, 6) is 0.320. The van der Waals surface area contributed by atoms with Gasteiger partial charge in [0.25, 0.3) is 0 Å². The molecule has 1 aromatic rings. The highest BCUT2D eigenvalue weighted by Crippen LogP contribution is 2.18. The van der Waals surface area contributed by atoms with Gasteiger partial charge in [0.1, 0.15) is 12.0 Å². The number of nitrogens with zero attached hydrogens (tertiary/aromatic N) is 1. The number of hydrogen-bond acceptors (Lipinski definition) is 4. The molecular weight excluding hydrogens is 208 g/mol. The van der Waals surface area contributed by atoms with Crippen molar-refractivity contribution in [2.75, 3.05) is 19.6 Å². The summed E-state index contributed by atoms with van der Waals surface area (Å²) in [7, 11) is 0. The lowest BCUT2D eigenvalue weighted by atomic mass is 10.1. The lowest BCUT2D eigenvalue weighted by Gasteiger charge is -2.13. The van der Waals surface area contributed by atoms with Gasteiger partial charge in [-0.05, 0) is 31.5 Å². The number of nitrogens with two attached hydrogens (primary N) is 1. The van der Waals surface area contributed by atoms with Crippen LogP contribution in [0.3, 0.4) is 0 Å². The van der Waals surface area contributed by atoms with E-state index in [1.54, 1.807) is 6.07 Å². The van der Waals surface area contributed by atoms with Crippen molar-refractivity contribution in [3.05, 3.63) is 23.7 Å². The summed E-state index contributed by atoms with van der Waals surface area (Å²) in [6.45, 7) is 3.36. The van der Waals surface area contributed by atoms with Gasteiger partial charge in [0.15, 0.2) is 0 Å². The third kappa shape index (κ3) is 2.43. The third-order valence-corrected chi connectivity index (χ3v) is 2.98.